The average molecular weight is 315 g/mol. The minimum atomic E-state index is -0.156. The van der Waals surface area contributed by atoms with Gasteiger partial charge in [0.1, 0.15) is 5.58 Å². The molecule has 22 heavy (non-hydrogen) atoms. The van der Waals surface area contributed by atoms with Gasteiger partial charge in [-0.2, -0.15) is 0 Å². The van der Waals surface area contributed by atoms with E-state index in [1.807, 2.05) is 38.1 Å². The molecule has 0 bridgehead atoms. The number of hydrogen-bond donors (Lipinski definition) is 0. The first-order chi connectivity index (χ1) is 10.6. The van der Waals surface area contributed by atoms with Crippen LogP contribution >= 0.6 is 11.6 Å². The van der Waals surface area contributed by atoms with E-state index < -0.39 is 0 Å². The number of fused-ring (bicyclic) bond motifs is 1. The van der Waals surface area contributed by atoms with E-state index in [-0.39, 0.29) is 11.2 Å². The number of rotatable bonds is 3. The van der Waals surface area contributed by atoms with Crippen LogP contribution in [0.15, 0.2) is 51.7 Å². The molecule has 0 aliphatic carbocycles. The molecule has 0 saturated heterocycles. The van der Waals surface area contributed by atoms with Crippen LogP contribution in [-0.2, 0) is 0 Å². The molecule has 3 rings (SSSR count). The fourth-order valence-electron chi connectivity index (χ4n) is 2.36. The minimum absolute atomic E-state index is 0.156. The highest BCUT2D eigenvalue weighted by Crippen LogP contribution is 2.31. The monoisotopic (exact) mass is 314 g/mol. The molecule has 0 saturated carbocycles. The Morgan fingerprint density at radius 3 is 2.55 bits per heavy atom. The van der Waals surface area contributed by atoms with Crippen LogP contribution in [0, 0.1) is 6.92 Å². The Morgan fingerprint density at radius 2 is 1.86 bits per heavy atom. The van der Waals surface area contributed by atoms with Gasteiger partial charge in [-0.05, 0) is 50.2 Å². The minimum Gasteiger partial charge on any atom is -0.487 e. The average Bonchev–Trinajstić information content (AvgIpc) is 2.51. The van der Waals surface area contributed by atoms with Crippen LogP contribution in [0.3, 0.4) is 0 Å². The van der Waals surface area contributed by atoms with Crippen molar-refractivity contribution in [3.63, 3.8) is 0 Å². The lowest BCUT2D eigenvalue weighted by atomic mass is 10.1. The van der Waals surface area contributed by atoms with Crippen LogP contribution < -0.4 is 10.2 Å². The SMILES string of the molecule is CCOc1c(-c2ccc(Cl)cc2)oc2ccc(C)cc2c1=O. The quantitative estimate of drug-likeness (QED) is 0.695. The summed E-state index contributed by atoms with van der Waals surface area (Å²) < 4.78 is 11.5. The van der Waals surface area contributed by atoms with E-state index in [0.29, 0.717) is 28.4 Å². The normalized spacial score (nSPS) is 10.9. The Labute approximate surface area is 133 Å². The predicted molar refractivity (Wildman–Crippen MR) is 88.8 cm³/mol. The van der Waals surface area contributed by atoms with Crippen LogP contribution in [0.2, 0.25) is 5.02 Å². The summed E-state index contributed by atoms with van der Waals surface area (Å²) >= 11 is 5.92. The van der Waals surface area contributed by atoms with Gasteiger partial charge < -0.3 is 9.15 Å². The summed E-state index contributed by atoms with van der Waals surface area (Å²) in [7, 11) is 0. The number of benzene rings is 2. The van der Waals surface area contributed by atoms with Gasteiger partial charge in [-0.15, -0.1) is 0 Å². The third-order valence-corrected chi connectivity index (χ3v) is 3.65. The Morgan fingerprint density at radius 1 is 1.14 bits per heavy atom. The highest BCUT2D eigenvalue weighted by atomic mass is 35.5. The van der Waals surface area contributed by atoms with Gasteiger partial charge in [-0.25, -0.2) is 0 Å². The van der Waals surface area contributed by atoms with Gasteiger partial charge >= 0.3 is 0 Å². The molecule has 0 unspecified atom stereocenters. The molecule has 4 heteroatoms. The van der Waals surface area contributed by atoms with Crippen molar-refractivity contribution < 1.29 is 9.15 Å². The molecule has 0 atom stereocenters. The zero-order valence-electron chi connectivity index (χ0n) is 12.4. The summed E-state index contributed by atoms with van der Waals surface area (Å²) in [5, 5.41) is 1.15. The third kappa shape index (κ3) is 2.60. The number of ether oxygens (including phenoxy) is 1. The molecule has 0 aliphatic rings. The second-order valence-corrected chi connectivity index (χ2v) is 5.47. The fraction of sp³-hybridized carbons (Fsp3) is 0.167. The van der Waals surface area contributed by atoms with Gasteiger partial charge in [0.05, 0.1) is 12.0 Å². The van der Waals surface area contributed by atoms with Crippen molar-refractivity contribution in [1.82, 2.24) is 0 Å². The van der Waals surface area contributed by atoms with Gasteiger partial charge in [0.25, 0.3) is 0 Å². The highest BCUT2D eigenvalue weighted by Gasteiger charge is 2.17. The summed E-state index contributed by atoms with van der Waals surface area (Å²) in [6.45, 7) is 4.17. The Bertz CT molecular complexity index is 879. The molecule has 3 aromatic rings. The van der Waals surface area contributed by atoms with Crippen molar-refractivity contribution in [2.24, 2.45) is 0 Å². The Balaban J connectivity index is 2.32. The first-order valence-electron chi connectivity index (χ1n) is 7.06. The number of halogens is 1. The van der Waals surface area contributed by atoms with E-state index in [1.54, 1.807) is 18.2 Å². The standard InChI is InChI=1S/C18H15ClO3/c1-3-21-18-16(20)14-10-11(2)4-9-15(14)22-17(18)12-5-7-13(19)8-6-12/h4-10H,3H2,1-2H3. The molecule has 0 N–H and O–H groups in total. The zero-order valence-corrected chi connectivity index (χ0v) is 13.1. The molecule has 0 fully saturated rings. The molecule has 0 aliphatic heterocycles. The van der Waals surface area contributed by atoms with E-state index in [2.05, 4.69) is 0 Å². The summed E-state index contributed by atoms with van der Waals surface area (Å²) in [4.78, 5) is 12.7. The molecule has 2 aromatic carbocycles. The summed E-state index contributed by atoms with van der Waals surface area (Å²) in [6.07, 6.45) is 0. The van der Waals surface area contributed by atoms with Crippen molar-refractivity contribution in [1.29, 1.82) is 0 Å². The van der Waals surface area contributed by atoms with E-state index in [4.69, 9.17) is 20.8 Å². The van der Waals surface area contributed by atoms with Crippen LogP contribution in [0.5, 0.6) is 5.75 Å². The molecule has 0 amide bonds. The smallest absolute Gasteiger partial charge is 0.235 e. The van der Waals surface area contributed by atoms with Crippen LogP contribution in [0.4, 0.5) is 0 Å². The zero-order chi connectivity index (χ0) is 15.7. The van der Waals surface area contributed by atoms with Crippen LogP contribution in [-0.4, -0.2) is 6.61 Å². The molecule has 3 nitrogen and oxygen atoms in total. The Hall–Kier alpha value is -2.26. The summed E-state index contributed by atoms with van der Waals surface area (Å²) in [5.41, 5.74) is 2.15. The van der Waals surface area contributed by atoms with Gasteiger partial charge in [0.15, 0.2) is 5.76 Å². The fourth-order valence-corrected chi connectivity index (χ4v) is 2.48. The lowest BCUT2D eigenvalue weighted by Gasteiger charge is -2.10. The molecule has 0 radical (unpaired) electrons. The molecular weight excluding hydrogens is 300 g/mol. The second-order valence-electron chi connectivity index (χ2n) is 5.03. The molecule has 1 heterocycles. The van der Waals surface area contributed by atoms with Crippen molar-refractivity contribution in [3.8, 4) is 17.1 Å². The lowest BCUT2D eigenvalue weighted by Crippen LogP contribution is -2.10. The topological polar surface area (TPSA) is 39.4 Å². The maximum absolute atomic E-state index is 12.7. The van der Waals surface area contributed by atoms with Crippen molar-refractivity contribution >= 4 is 22.6 Å². The molecule has 1 aromatic heterocycles. The largest absolute Gasteiger partial charge is 0.487 e. The molecule has 112 valence electrons. The van der Waals surface area contributed by atoms with Crippen LogP contribution in [0.1, 0.15) is 12.5 Å². The van der Waals surface area contributed by atoms with E-state index >= 15 is 0 Å². The number of aryl methyl sites for hydroxylation is 1. The summed E-state index contributed by atoms with van der Waals surface area (Å²) in [5.74, 6) is 0.669. The van der Waals surface area contributed by atoms with Gasteiger partial charge in [0, 0.05) is 10.6 Å². The second kappa shape index (κ2) is 5.85. The van der Waals surface area contributed by atoms with E-state index in [1.165, 1.54) is 0 Å². The molecule has 0 spiro atoms. The first-order valence-corrected chi connectivity index (χ1v) is 7.44. The van der Waals surface area contributed by atoms with Crippen molar-refractivity contribution in [3.05, 3.63) is 63.3 Å². The first kappa shape index (κ1) is 14.7. The summed E-state index contributed by atoms with van der Waals surface area (Å²) in [6, 6.07) is 12.7. The van der Waals surface area contributed by atoms with Gasteiger partial charge in [0.2, 0.25) is 11.2 Å². The van der Waals surface area contributed by atoms with Gasteiger partial charge in [-0.1, -0.05) is 23.2 Å². The molecular formula is C18H15ClO3. The van der Waals surface area contributed by atoms with E-state index in [9.17, 15) is 4.79 Å². The van der Waals surface area contributed by atoms with Gasteiger partial charge in [-0.3, -0.25) is 4.79 Å². The predicted octanol–water partition coefficient (Wildman–Crippen LogP) is 4.82. The Kier molecular flexibility index (Phi) is 3.90. The lowest BCUT2D eigenvalue weighted by molar-refractivity contribution is 0.330. The maximum Gasteiger partial charge on any atom is 0.235 e. The third-order valence-electron chi connectivity index (χ3n) is 3.40. The van der Waals surface area contributed by atoms with E-state index in [0.717, 1.165) is 11.1 Å². The number of hydrogen-bond acceptors (Lipinski definition) is 3. The highest BCUT2D eigenvalue weighted by molar-refractivity contribution is 6.30. The van der Waals surface area contributed by atoms with Crippen LogP contribution in [0.25, 0.3) is 22.3 Å². The maximum atomic E-state index is 12.7. The van der Waals surface area contributed by atoms with Crippen molar-refractivity contribution in [2.45, 2.75) is 13.8 Å². The van der Waals surface area contributed by atoms with Crippen molar-refractivity contribution in [2.75, 3.05) is 6.61 Å².